The quantitative estimate of drug-likeness (QED) is 0.774. The molecule has 0 aromatic carbocycles. The number of hydrogen-bond acceptors (Lipinski definition) is 1. The molecule has 2 aliphatic rings. The summed E-state index contributed by atoms with van der Waals surface area (Å²) in [4.78, 5) is 0. The van der Waals surface area contributed by atoms with Crippen LogP contribution < -0.4 is 5.32 Å². The molecule has 17 heavy (non-hydrogen) atoms. The van der Waals surface area contributed by atoms with E-state index in [4.69, 9.17) is 0 Å². The van der Waals surface area contributed by atoms with E-state index >= 15 is 0 Å². The standard InChI is InChI=1S/C16H31N/c1-12-9-10-14(15(11-12)17-4)16(2,3)13-7-5-6-8-13/h12-15,17H,5-11H2,1-4H3. The second-order valence-corrected chi connectivity index (χ2v) is 7.22. The molecule has 0 saturated heterocycles. The Morgan fingerprint density at radius 1 is 1.00 bits per heavy atom. The summed E-state index contributed by atoms with van der Waals surface area (Å²) in [5.74, 6) is 2.80. The minimum atomic E-state index is 0.546. The molecule has 0 heterocycles. The van der Waals surface area contributed by atoms with Crippen molar-refractivity contribution in [1.29, 1.82) is 0 Å². The summed E-state index contributed by atoms with van der Waals surface area (Å²) in [6.07, 6.45) is 10.2. The third-order valence-corrected chi connectivity index (χ3v) is 5.85. The molecule has 100 valence electrons. The molecule has 2 fully saturated rings. The van der Waals surface area contributed by atoms with Gasteiger partial charge in [0.25, 0.3) is 0 Å². The number of rotatable bonds is 3. The molecule has 0 radical (unpaired) electrons. The first kappa shape index (κ1) is 13.4. The van der Waals surface area contributed by atoms with Gasteiger partial charge in [-0.3, -0.25) is 0 Å². The highest BCUT2D eigenvalue weighted by Crippen LogP contribution is 2.49. The van der Waals surface area contributed by atoms with Crippen molar-refractivity contribution in [3.8, 4) is 0 Å². The summed E-state index contributed by atoms with van der Waals surface area (Å²) < 4.78 is 0. The summed E-state index contributed by atoms with van der Waals surface area (Å²) in [5, 5.41) is 3.61. The van der Waals surface area contributed by atoms with Gasteiger partial charge in [0, 0.05) is 6.04 Å². The van der Waals surface area contributed by atoms with Gasteiger partial charge in [-0.1, -0.05) is 40.0 Å². The van der Waals surface area contributed by atoms with Crippen LogP contribution in [0.1, 0.15) is 65.7 Å². The largest absolute Gasteiger partial charge is 0.317 e. The summed E-state index contributed by atoms with van der Waals surface area (Å²) >= 11 is 0. The third kappa shape index (κ3) is 2.70. The van der Waals surface area contributed by atoms with Crippen molar-refractivity contribution in [1.82, 2.24) is 5.32 Å². The molecule has 0 aromatic heterocycles. The van der Waals surface area contributed by atoms with Gasteiger partial charge in [0.1, 0.15) is 0 Å². The van der Waals surface area contributed by atoms with E-state index in [-0.39, 0.29) is 0 Å². The first-order valence-corrected chi connectivity index (χ1v) is 7.73. The van der Waals surface area contributed by atoms with Crippen molar-refractivity contribution in [3.63, 3.8) is 0 Å². The highest BCUT2D eigenvalue weighted by atomic mass is 14.9. The Hall–Kier alpha value is -0.0400. The van der Waals surface area contributed by atoms with Crippen LogP contribution in [0.3, 0.4) is 0 Å². The second-order valence-electron chi connectivity index (χ2n) is 7.22. The monoisotopic (exact) mass is 237 g/mol. The van der Waals surface area contributed by atoms with E-state index in [1.165, 1.54) is 44.9 Å². The van der Waals surface area contributed by atoms with Crippen molar-refractivity contribution in [2.24, 2.45) is 23.2 Å². The van der Waals surface area contributed by atoms with E-state index in [0.29, 0.717) is 5.41 Å². The summed E-state index contributed by atoms with van der Waals surface area (Å²) in [7, 11) is 2.17. The van der Waals surface area contributed by atoms with E-state index < -0.39 is 0 Å². The molecule has 1 nitrogen and oxygen atoms in total. The molecule has 2 aliphatic carbocycles. The minimum absolute atomic E-state index is 0.546. The van der Waals surface area contributed by atoms with Crippen LogP contribution in [0.5, 0.6) is 0 Å². The summed E-state index contributed by atoms with van der Waals surface area (Å²) in [6, 6.07) is 0.759. The van der Waals surface area contributed by atoms with E-state index in [9.17, 15) is 0 Å². The molecule has 1 heteroatoms. The van der Waals surface area contributed by atoms with E-state index in [1.807, 2.05) is 0 Å². The Morgan fingerprint density at radius 2 is 1.65 bits per heavy atom. The van der Waals surface area contributed by atoms with Gasteiger partial charge < -0.3 is 5.32 Å². The van der Waals surface area contributed by atoms with Gasteiger partial charge in [-0.15, -0.1) is 0 Å². The zero-order valence-electron chi connectivity index (χ0n) is 12.3. The molecule has 3 atom stereocenters. The second kappa shape index (κ2) is 5.30. The van der Waals surface area contributed by atoms with Gasteiger partial charge in [0.2, 0.25) is 0 Å². The Morgan fingerprint density at radius 3 is 2.24 bits per heavy atom. The molecule has 0 spiro atoms. The van der Waals surface area contributed by atoms with E-state index in [2.05, 4.69) is 33.1 Å². The Labute approximate surface area is 108 Å². The maximum Gasteiger partial charge on any atom is 0.0100 e. The van der Waals surface area contributed by atoms with Gasteiger partial charge in [-0.2, -0.15) is 0 Å². The predicted octanol–water partition coefficient (Wildman–Crippen LogP) is 4.23. The average Bonchev–Trinajstić information content (AvgIpc) is 2.82. The van der Waals surface area contributed by atoms with Crippen molar-refractivity contribution < 1.29 is 0 Å². The van der Waals surface area contributed by atoms with Crippen molar-refractivity contribution in [2.75, 3.05) is 7.05 Å². The lowest BCUT2D eigenvalue weighted by molar-refractivity contribution is 0.0471. The van der Waals surface area contributed by atoms with Crippen LogP contribution in [0.2, 0.25) is 0 Å². The van der Waals surface area contributed by atoms with Crippen LogP contribution in [-0.2, 0) is 0 Å². The van der Waals surface area contributed by atoms with Crippen molar-refractivity contribution in [3.05, 3.63) is 0 Å². The van der Waals surface area contributed by atoms with Crippen LogP contribution in [-0.4, -0.2) is 13.1 Å². The lowest BCUT2D eigenvalue weighted by Gasteiger charge is -2.47. The van der Waals surface area contributed by atoms with Crippen molar-refractivity contribution >= 4 is 0 Å². The average molecular weight is 237 g/mol. The van der Waals surface area contributed by atoms with Gasteiger partial charge in [-0.05, 0) is 55.9 Å². The Bertz CT molecular complexity index is 240. The van der Waals surface area contributed by atoms with Gasteiger partial charge >= 0.3 is 0 Å². The third-order valence-electron chi connectivity index (χ3n) is 5.85. The summed E-state index contributed by atoms with van der Waals surface area (Å²) in [5.41, 5.74) is 0.546. The van der Waals surface area contributed by atoms with Crippen molar-refractivity contribution in [2.45, 2.75) is 71.8 Å². The molecule has 0 aromatic rings. The number of nitrogens with one attached hydrogen (secondary N) is 1. The van der Waals surface area contributed by atoms with Crippen LogP contribution in [0.4, 0.5) is 0 Å². The lowest BCUT2D eigenvalue weighted by atomic mass is 9.61. The molecule has 0 amide bonds. The van der Waals surface area contributed by atoms with E-state index in [1.54, 1.807) is 0 Å². The maximum atomic E-state index is 3.61. The maximum absolute atomic E-state index is 3.61. The molecule has 2 saturated carbocycles. The van der Waals surface area contributed by atoms with Gasteiger partial charge in [0.15, 0.2) is 0 Å². The van der Waals surface area contributed by atoms with E-state index in [0.717, 1.165) is 23.8 Å². The van der Waals surface area contributed by atoms with Crippen LogP contribution in [0.15, 0.2) is 0 Å². The predicted molar refractivity (Wildman–Crippen MR) is 75.1 cm³/mol. The molecule has 2 rings (SSSR count). The molecule has 3 unspecified atom stereocenters. The molecule has 1 N–H and O–H groups in total. The zero-order valence-corrected chi connectivity index (χ0v) is 12.3. The Kier molecular flexibility index (Phi) is 4.18. The lowest BCUT2D eigenvalue weighted by Crippen LogP contribution is -2.47. The molecular weight excluding hydrogens is 206 g/mol. The zero-order chi connectivity index (χ0) is 12.5. The Balaban J connectivity index is 2.07. The van der Waals surface area contributed by atoms with Gasteiger partial charge in [-0.25, -0.2) is 0 Å². The fourth-order valence-corrected chi connectivity index (χ4v) is 4.56. The smallest absolute Gasteiger partial charge is 0.0100 e. The fourth-order valence-electron chi connectivity index (χ4n) is 4.56. The number of hydrogen-bond donors (Lipinski definition) is 1. The fraction of sp³-hybridized carbons (Fsp3) is 1.00. The molecule has 0 aliphatic heterocycles. The molecular formula is C16H31N. The first-order chi connectivity index (χ1) is 8.05. The van der Waals surface area contributed by atoms with Crippen LogP contribution in [0, 0.1) is 23.2 Å². The van der Waals surface area contributed by atoms with Crippen LogP contribution >= 0.6 is 0 Å². The SMILES string of the molecule is CNC1CC(C)CCC1C(C)(C)C1CCCC1. The van der Waals surface area contributed by atoms with Gasteiger partial charge in [0.05, 0.1) is 0 Å². The minimum Gasteiger partial charge on any atom is -0.317 e. The van der Waals surface area contributed by atoms with Crippen LogP contribution in [0.25, 0.3) is 0 Å². The first-order valence-electron chi connectivity index (χ1n) is 7.73. The molecule has 0 bridgehead atoms. The highest BCUT2D eigenvalue weighted by Gasteiger charge is 2.43. The topological polar surface area (TPSA) is 12.0 Å². The summed E-state index contributed by atoms with van der Waals surface area (Å²) in [6.45, 7) is 7.52. The highest BCUT2D eigenvalue weighted by molar-refractivity contribution is 4.95. The normalized spacial score (nSPS) is 36.4.